The highest BCUT2D eigenvalue weighted by atomic mass is 35.5. The molecule has 1 fully saturated rings. The molecule has 0 bridgehead atoms. The van der Waals surface area contributed by atoms with E-state index in [4.69, 9.17) is 16.3 Å². The molecule has 0 saturated carbocycles. The Bertz CT molecular complexity index is 1050. The monoisotopic (exact) mass is 473 g/mol. The summed E-state index contributed by atoms with van der Waals surface area (Å²) in [5.41, 5.74) is 1.05. The topological polar surface area (TPSA) is 79.0 Å². The first-order valence-corrected chi connectivity index (χ1v) is 10.8. The number of nitrogens with one attached hydrogen (secondary N) is 1. The minimum Gasteiger partial charge on any atom is -0.497 e. The summed E-state index contributed by atoms with van der Waals surface area (Å²) < 4.78 is 18.3. The Hall–Kier alpha value is -3.39. The number of carbonyl (C=O) groups is 3. The summed E-state index contributed by atoms with van der Waals surface area (Å²) in [7, 11) is 1.58. The molecule has 9 heteroatoms. The summed E-state index contributed by atoms with van der Waals surface area (Å²) in [6.07, 6.45) is 3.02. The van der Waals surface area contributed by atoms with Gasteiger partial charge in [-0.25, -0.2) is 4.39 Å². The van der Waals surface area contributed by atoms with Crippen LogP contribution in [0, 0.1) is 5.82 Å². The molecule has 1 aliphatic rings. The second-order valence-corrected chi connectivity index (χ2v) is 7.99. The average molecular weight is 474 g/mol. The quantitative estimate of drug-likeness (QED) is 0.654. The van der Waals surface area contributed by atoms with E-state index in [0.29, 0.717) is 26.2 Å². The number of halogens is 2. The fraction of sp³-hybridized carbons (Fsp3) is 0.292. The first-order chi connectivity index (χ1) is 15.8. The van der Waals surface area contributed by atoms with Crippen molar-refractivity contribution in [3.05, 3.63) is 70.5 Å². The lowest BCUT2D eigenvalue weighted by Crippen LogP contribution is -2.55. The molecule has 7 nitrogen and oxygen atoms in total. The van der Waals surface area contributed by atoms with Gasteiger partial charge in [0.2, 0.25) is 11.8 Å². The summed E-state index contributed by atoms with van der Waals surface area (Å²) in [6, 6.07) is 10.1. The molecule has 33 heavy (non-hydrogen) atoms. The number of carbonyl (C=O) groups excluding carboxylic acids is 3. The van der Waals surface area contributed by atoms with Crippen molar-refractivity contribution in [2.45, 2.75) is 13.0 Å². The number of benzene rings is 2. The second kappa shape index (κ2) is 11.0. The van der Waals surface area contributed by atoms with Crippen LogP contribution in [-0.4, -0.2) is 66.9 Å². The fourth-order valence-electron chi connectivity index (χ4n) is 3.45. The minimum absolute atomic E-state index is 0.0533. The molecule has 0 radical (unpaired) electrons. The first-order valence-electron chi connectivity index (χ1n) is 10.4. The number of piperazine rings is 1. The third-order valence-corrected chi connectivity index (χ3v) is 5.62. The van der Waals surface area contributed by atoms with Crippen LogP contribution in [0.2, 0.25) is 5.02 Å². The molecule has 1 atom stereocenters. The van der Waals surface area contributed by atoms with Crippen molar-refractivity contribution >= 4 is 35.4 Å². The Balaban J connectivity index is 1.49. The van der Waals surface area contributed by atoms with Crippen molar-refractivity contribution in [2.24, 2.45) is 0 Å². The summed E-state index contributed by atoms with van der Waals surface area (Å²) in [6.45, 7) is 2.90. The van der Waals surface area contributed by atoms with Crippen LogP contribution in [0.25, 0.3) is 6.08 Å². The van der Waals surface area contributed by atoms with Gasteiger partial charge in [0.15, 0.2) is 0 Å². The number of hydrogen-bond donors (Lipinski definition) is 1. The van der Waals surface area contributed by atoms with Crippen molar-refractivity contribution in [1.82, 2.24) is 15.1 Å². The van der Waals surface area contributed by atoms with E-state index < -0.39 is 11.9 Å². The highest BCUT2D eigenvalue weighted by Crippen LogP contribution is 2.20. The van der Waals surface area contributed by atoms with Crippen molar-refractivity contribution < 1.29 is 23.5 Å². The molecule has 174 valence electrons. The predicted octanol–water partition coefficient (Wildman–Crippen LogP) is 2.99. The van der Waals surface area contributed by atoms with Gasteiger partial charge >= 0.3 is 0 Å². The zero-order valence-electron chi connectivity index (χ0n) is 18.4. The van der Waals surface area contributed by atoms with Crippen LogP contribution in [-0.2, 0) is 9.59 Å². The molecule has 1 unspecified atom stereocenters. The zero-order valence-corrected chi connectivity index (χ0v) is 19.1. The van der Waals surface area contributed by atoms with Crippen molar-refractivity contribution in [2.75, 3.05) is 33.3 Å². The van der Waals surface area contributed by atoms with E-state index in [1.807, 2.05) is 12.1 Å². The van der Waals surface area contributed by atoms with E-state index in [9.17, 15) is 18.8 Å². The van der Waals surface area contributed by atoms with E-state index in [0.717, 1.165) is 17.4 Å². The Kier molecular flexibility index (Phi) is 8.06. The molecule has 0 aromatic heterocycles. The molecule has 3 rings (SSSR count). The number of hydrogen-bond acceptors (Lipinski definition) is 4. The van der Waals surface area contributed by atoms with Crippen LogP contribution in [0.5, 0.6) is 5.75 Å². The Morgan fingerprint density at radius 1 is 1.06 bits per heavy atom. The SMILES string of the molecule is COc1ccc(/C=C/C(=O)NC(C)C(=O)N2CCN(C(=O)c3ccc(F)cc3Cl)CC2)cc1. The molecule has 1 saturated heterocycles. The average Bonchev–Trinajstić information content (AvgIpc) is 2.82. The van der Waals surface area contributed by atoms with E-state index in [2.05, 4.69) is 5.32 Å². The number of amides is 3. The van der Waals surface area contributed by atoms with Crippen LogP contribution in [0.1, 0.15) is 22.8 Å². The fourth-order valence-corrected chi connectivity index (χ4v) is 3.70. The number of ether oxygens (including phenoxy) is 1. The maximum Gasteiger partial charge on any atom is 0.255 e. The van der Waals surface area contributed by atoms with E-state index in [1.54, 1.807) is 42.0 Å². The lowest BCUT2D eigenvalue weighted by molar-refractivity contribution is -0.136. The Labute approximate surface area is 196 Å². The van der Waals surface area contributed by atoms with Crippen molar-refractivity contribution in [1.29, 1.82) is 0 Å². The van der Waals surface area contributed by atoms with Gasteiger partial charge in [-0.3, -0.25) is 14.4 Å². The second-order valence-electron chi connectivity index (χ2n) is 7.58. The maximum atomic E-state index is 13.2. The first kappa shape index (κ1) is 24.3. The number of methoxy groups -OCH3 is 1. The molecule has 1 heterocycles. The third kappa shape index (κ3) is 6.32. The van der Waals surface area contributed by atoms with Gasteiger partial charge in [0.1, 0.15) is 17.6 Å². The molecule has 1 N–H and O–H groups in total. The van der Waals surface area contributed by atoms with Crippen molar-refractivity contribution in [3.8, 4) is 5.75 Å². The van der Waals surface area contributed by atoms with Crippen LogP contribution < -0.4 is 10.1 Å². The Morgan fingerprint density at radius 3 is 2.30 bits per heavy atom. The van der Waals surface area contributed by atoms with Gasteiger partial charge in [-0.05, 0) is 48.9 Å². The minimum atomic E-state index is -0.716. The van der Waals surface area contributed by atoms with Gasteiger partial charge in [-0.2, -0.15) is 0 Å². The summed E-state index contributed by atoms with van der Waals surface area (Å²) in [5, 5.41) is 2.72. The number of rotatable bonds is 6. The normalized spacial score (nSPS) is 14.8. The molecular weight excluding hydrogens is 449 g/mol. The molecule has 0 aliphatic carbocycles. The largest absolute Gasteiger partial charge is 0.497 e. The summed E-state index contributed by atoms with van der Waals surface area (Å²) in [4.78, 5) is 40.8. The zero-order chi connectivity index (χ0) is 24.0. The van der Waals surface area contributed by atoms with Crippen LogP contribution in [0.3, 0.4) is 0 Å². The molecule has 2 aromatic rings. The standard InChI is InChI=1S/C24H25ClFN3O4/c1-16(27-22(30)10-5-17-3-7-19(33-2)8-4-17)23(31)28-11-13-29(14-12-28)24(32)20-9-6-18(26)15-21(20)25/h3-10,15-16H,11-14H2,1-2H3,(H,27,30)/b10-5+. The lowest BCUT2D eigenvalue weighted by atomic mass is 10.1. The van der Waals surface area contributed by atoms with Crippen LogP contribution in [0.15, 0.2) is 48.5 Å². The smallest absolute Gasteiger partial charge is 0.255 e. The lowest BCUT2D eigenvalue weighted by Gasteiger charge is -2.36. The van der Waals surface area contributed by atoms with Gasteiger partial charge in [0.25, 0.3) is 5.91 Å². The summed E-state index contributed by atoms with van der Waals surface area (Å²) in [5.74, 6) is -0.711. The molecule has 2 aromatic carbocycles. The van der Waals surface area contributed by atoms with Crippen LogP contribution >= 0.6 is 11.6 Å². The molecule has 0 spiro atoms. The predicted molar refractivity (Wildman–Crippen MR) is 124 cm³/mol. The Morgan fingerprint density at radius 2 is 1.70 bits per heavy atom. The van der Waals surface area contributed by atoms with Crippen LogP contribution in [0.4, 0.5) is 4.39 Å². The third-order valence-electron chi connectivity index (χ3n) is 5.31. The molecule has 3 amide bonds. The van der Waals surface area contributed by atoms with Gasteiger partial charge in [0.05, 0.1) is 17.7 Å². The van der Waals surface area contributed by atoms with Gasteiger partial charge < -0.3 is 19.9 Å². The van der Waals surface area contributed by atoms with Gasteiger partial charge in [0, 0.05) is 32.3 Å². The highest BCUT2D eigenvalue weighted by Gasteiger charge is 2.28. The highest BCUT2D eigenvalue weighted by molar-refractivity contribution is 6.33. The molecular formula is C24H25ClFN3O4. The van der Waals surface area contributed by atoms with Gasteiger partial charge in [-0.1, -0.05) is 23.7 Å². The van der Waals surface area contributed by atoms with E-state index in [1.165, 1.54) is 18.2 Å². The van der Waals surface area contributed by atoms with E-state index in [-0.39, 0.29) is 28.3 Å². The van der Waals surface area contributed by atoms with E-state index >= 15 is 0 Å². The summed E-state index contributed by atoms with van der Waals surface area (Å²) >= 11 is 5.99. The molecule has 1 aliphatic heterocycles. The van der Waals surface area contributed by atoms with Gasteiger partial charge in [-0.15, -0.1) is 0 Å². The maximum absolute atomic E-state index is 13.2. The van der Waals surface area contributed by atoms with Crippen molar-refractivity contribution in [3.63, 3.8) is 0 Å². The number of nitrogens with zero attached hydrogens (tertiary/aromatic N) is 2.